The van der Waals surface area contributed by atoms with Crippen LogP contribution >= 0.6 is 0 Å². The minimum atomic E-state index is -0.402. The highest BCUT2D eigenvalue weighted by Gasteiger charge is 2.32. The van der Waals surface area contributed by atoms with Crippen molar-refractivity contribution in [3.63, 3.8) is 0 Å². The Morgan fingerprint density at radius 1 is 1.21 bits per heavy atom. The lowest BCUT2D eigenvalue weighted by Gasteiger charge is -2.24. The Balaban J connectivity index is 1.63. The molecule has 0 fully saturated rings. The maximum Gasteiger partial charge on any atom is 0.234 e. The first-order valence-corrected chi connectivity index (χ1v) is 9.13. The predicted octanol–water partition coefficient (Wildman–Crippen LogP) is 3.96. The van der Waals surface area contributed by atoms with Gasteiger partial charge in [-0.05, 0) is 49.1 Å². The topological polar surface area (TPSA) is 84.5 Å². The lowest BCUT2D eigenvalue weighted by molar-refractivity contribution is -0.117. The third-order valence-electron chi connectivity index (χ3n) is 5.06. The molecular formula is C21H19N5O2. The van der Waals surface area contributed by atoms with Crippen molar-refractivity contribution in [2.45, 2.75) is 26.2 Å². The average Bonchev–Trinajstić information content (AvgIpc) is 3.30. The largest absolute Gasteiger partial charge is 0.428 e. The van der Waals surface area contributed by atoms with Gasteiger partial charge in [-0.3, -0.25) is 9.20 Å². The summed E-state index contributed by atoms with van der Waals surface area (Å²) in [6, 6.07) is 10.1. The number of benzene rings is 1. The number of amides is 1. The zero-order valence-corrected chi connectivity index (χ0v) is 15.6. The second-order valence-electron chi connectivity index (χ2n) is 7.18. The molecule has 1 unspecified atom stereocenters. The van der Waals surface area contributed by atoms with Gasteiger partial charge in [0.25, 0.3) is 0 Å². The van der Waals surface area contributed by atoms with Crippen LogP contribution in [0.4, 0.5) is 17.4 Å². The van der Waals surface area contributed by atoms with Gasteiger partial charge in [0.05, 0.1) is 17.8 Å². The Morgan fingerprint density at radius 3 is 2.89 bits per heavy atom. The van der Waals surface area contributed by atoms with Gasteiger partial charge < -0.3 is 15.1 Å². The zero-order valence-electron chi connectivity index (χ0n) is 15.6. The summed E-state index contributed by atoms with van der Waals surface area (Å²) in [6.45, 7) is 4.03. The fourth-order valence-corrected chi connectivity index (χ4v) is 3.67. The van der Waals surface area contributed by atoms with Crippen LogP contribution in [-0.4, -0.2) is 20.3 Å². The highest BCUT2D eigenvalue weighted by molar-refractivity contribution is 5.99. The average molecular weight is 373 g/mol. The van der Waals surface area contributed by atoms with Gasteiger partial charge in [0.15, 0.2) is 6.39 Å². The number of fused-ring (bicyclic) bond motifs is 2. The number of imidazole rings is 1. The molecule has 7 heteroatoms. The van der Waals surface area contributed by atoms with Crippen molar-refractivity contribution in [3.05, 3.63) is 71.5 Å². The zero-order chi connectivity index (χ0) is 19.3. The summed E-state index contributed by atoms with van der Waals surface area (Å²) in [5.41, 5.74) is 5.65. The molecule has 0 radical (unpaired) electrons. The van der Waals surface area contributed by atoms with Crippen LogP contribution < -0.4 is 10.6 Å². The van der Waals surface area contributed by atoms with Crippen molar-refractivity contribution in [1.29, 1.82) is 0 Å². The van der Waals surface area contributed by atoms with E-state index in [0.717, 1.165) is 28.0 Å². The molecule has 140 valence electrons. The number of pyridine rings is 1. The molecule has 1 aliphatic heterocycles. The van der Waals surface area contributed by atoms with E-state index in [9.17, 15) is 4.79 Å². The Bertz CT molecular complexity index is 1190. The number of anilines is 3. The number of hydrogen-bond acceptors (Lipinski definition) is 5. The lowest BCUT2D eigenvalue weighted by atomic mass is 9.90. The van der Waals surface area contributed by atoms with Crippen LogP contribution in [0, 0.1) is 13.8 Å². The number of rotatable bonds is 3. The van der Waals surface area contributed by atoms with Crippen molar-refractivity contribution in [1.82, 2.24) is 14.4 Å². The maximum absolute atomic E-state index is 12.9. The Labute approximate surface area is 161 Å². The normalized spacial score (nSPS) is 16.1. The van der Waals surface area contributed by atoms with E-state index in [1.807, 2.05) is 42.6 Å². The molecule has 3 aromatic heterocycles. The molecule has 0 spiro atoms. The molecule has 4 aromatic rings. The summed E-state index contributed by atoms with van der Waals surface area (Å²) >= 11 is 0. The van der Waals surface area contributed by atoms with Gasteiger partial charge in [-0.2, -0.15) is 0 Å². The summed E-state index contributed by atoms with van der Waals surface area (Å²) in [7, 11) is 0. The van der Waals surface area contributed by atoms with Crippen molar-refractivity contribution >= 4 is 28.9 Å². The minimum Gasteiger partial charge on any atom is -0.428 e. The highest BCUT2D eigenvalue weighted by atomic mass is 16.4. The molecule has 1 amide bonds. The summed E-state index contributed by atoms with van der Waals surface area (Å²) < 4.78 is 7.31. The number of nitrogens with zero attached hydrogens (tertiary/aromatic N) is 3. The first kappa shape index (κ1) is 16.6. The van der Waals surface area contributed by atoms with Crippen molar-refractivity contribution in [2.24, 2.45) is 0 Å². The third kappa shape index (κ3) is 2.72. The molecule has 4 heterocycles. The molecular weight excluding hydrogens is 354 g/mol. The van der Waals surface area contributed by atoms with E-state index in [1.54, 1.807) is 6.20 Å². The van der Waals surface area contributed by atoms with Gasteiger partial charge in [-0.25, -0.2) is 9.97 Å². The standard InChI is InChI=1S/C21H19N5O2/c1-12-3-5-14-8-15(21(27)23-16(14)7-12)19-20(25-18-9-22-11-28-18)26-10-13(2)4-6-17(26)24-19/h3-7,9-11,15,25H,8H2,1-2H3,(H,23,27). The monoisotopic (exact) mass is 373 g/mol. The smallest absolute Gasteiger partial charge is 0.234 e. The first-order chi connectivity index (χ1) is 13.6. The van der Waals surface area contributed by atoms with Gasteiger partial charge in [0.2, 0.25) is 11.8 Å². The Kier molecular flexibility index (Phi) is 3.68. The van der Waals surface area contributed by atoms with Crippen LogP contribution in [0.25, 0.3) is 5.65 Å². The number of carbonyl (C=O) groups excluding carboxylic acids is 1. The number of aromatic nitrogens is 3. The van der Waals surface area contributed by atoms with E-state index in [2.05, 4.69) is 27.8 Å². The van der Waals surface area contributed by atoms with Crippen LogP contribution in [0.3, 0.4) is 0 Å². The Morgan fingerprint density at radius 2 is 2.07 bits per heavy atom. The van der Waals surface area contributed by atoms with E-state index in [0.29, 0.717) is 23.8 Å². The van der Waals surface area contributed by atoms with Gasteiger partial charge in [0.1, 0.15) is 11.5 Å². The molecule has 1 aromatic carbocycles. The summed E-state index contributed by atoms with van der Waals surface area (Å²) in [5, 5.41) is 6.28. The molecule has 1 aliphatic rings. The number of nitrogens with one attached hydrogen (secondary N) is 2. The van der Waals surface area contributed by atoms with E-state index in [-0.39, 0.29) is 5.91 Å². The second-order valence-corrected chi connectivity index (χ2v) is 7.18. The van der Waals surface area contributed by atoms with E-state index >= 15 is 0 Å². The summed E-state index contributed by atoms with van der Waals surface area (Å²) in [6.07, 6.45) is 5.54. The van der Waals surface area contributed by atoms with E-state index < -0.39 is 5.92 Å². The molecule has 5 rings (SSSR count). The lowest BCUT2D eigenvalue weighted by Crippen LogP contribution is -2.29. The maximum atomic E-state index is 12.9. The summed E-state index contributed by atoms with van der Waals surface area (Å²) in [5.74, 6) is 0.752. The summed E-state index contributed by atoms with van der Waals surface area (Å²) in [4.78, 5) is 21.7. The Hall–Kier alpha value is -3.61. The van der Waals surface area contributed by atoms with Crippen molar-refractivity contribution in [2.75, 3.05) is 10.6 Å². The van der Waals surface area contributed by atoms with Gasteiger partial charge in [-0.1, -0.05) is 18.2 Å². The van der Waals surface area contributed by atoms with Crippen LogP contribution in [0.1, 0.15) is 28.3 Å². The highest BCUT2D eigenvalue weighted by Crippen LogP contribution is 2.36. The minimum absolute atomic E-state index is 0.0566. The molecule has 7 nitrogen and oxygen atoms in total. The quantitative estimate of drug-likeness (QED) is 0.568. The fraction of sp³-hybridized carbons (Fsp3) is 0.190. The molecule has 28 heavy (non-hydrogen) atoms. The number of carbonyl (C=O) groups is 1. The van der Waals surface area contributed by atoms with E-state index in [1.165, 1.54) is 6.39 Å². The third-order valence-corrected chi connectivity index (χ3v) is 5.06. The van der Waals surface area contributed by atoms with Crippen LogP contribution in [0.2, 0.25) is 0 Å². The van der Waals surface area contributed by atoms with Gasteiger partial charge in [-0.15, -0.1) is 0 Å². The van der Waals surface area contributed by atoms with Crippen LogP contribution in [0.15, 0.2) is 53.5 Å². The fourth-order valence-electron chi connectivity index (χ4n) is 3.67. The molecule has 0 aliphatic carbocycles. The molecule has 2 N–H and O–H groups in total. The predicted molar refractivity (Wildman–Crippen MR) is 106 cm³/mol. The van der Waals surface area contributed by atoms with Crippen LogP contribution in [-0.2, 0) is 11.2 Å². The number of oxazole rings is 1. The van der Waals surface area contributed by atoms with Crippen molar-refractivity contribution in [3.8, 4) is 0 Å². The second kappa shape index (κ2) is 6.23. The molecule has 1 atom stereocenters. The first-order valence-electron chi connectivity index (χ1n) is 9.13. The number of hydrogen-bond donors (Lipinski definition) is 2. The number of aryl methyl sites for hydroxylation is 2. The van der Waals surface area contributed by atoms with Gasteiger partial charge >= 0.3 is 0 Å². The molecule has 0 bridgehead atoms. The molecule has 0 saturated carbocycles. The van der Waals surface area contributed by atoms with Gasteiger partial charge in [0, 0.05) is 11.9 Å². The molecule has 0 saturated heterocycles. The van der Waals surface area contributed by atoms with E-state index in [4.69, 9.17) is 9.40 Å². The SMILES string of the molecule is Cc1ccc2c(c1)NC(=O)C(c1nc3ccc(C)cn3c1Nc1cnco1)C2. The van der Waals surface area contributed by atoms with Crippen LogP contribution in [0.5, 0.6) is 0 Å². The van der Waals surface area contributed by atoms with Crippen molar-refractivity contribution < 1.29 is 9.21 Å².